The van der Waals surface area contributed by atoms with Gasteiger partial charge in [-0.3, -0.25) is 0 Å². The number of nitrogens with zero attached hydrogens (tertiary/aromatic N) is 2. The van der Waals surface area contributed by atoms with Crippen LogP contribution < -0.4 is 10.6 Å². The van der Waals surface area contributed by atoms with Gasteiger partial charge in [0.25, 0.3) is 0 Å². The first kappa shape index (κ1) is 15.3. The second-order valence-corrected chi connectivity index (χ2v) is 5.74. The van der Waals surface area contributed by atoms with Crippen LogP contribution in [0.3, 0.4) is 0 Å². The molecule has 0 bridgehead atoms. The van der Waals surface area contributed by atoms with Crippen LogP contribution in [0.25, 0.3) is 0 Å². The maximum atomic E-state index is 12.8. The Morgan fingerprint density at radius 2 is 1.95 bits per heavy atom. The molecule has 20 heavy (non-hydrogen) atoms. The van der Waals surface area contributed by atoms with E-state index in [1.165, 1.54) is 12.1 Å². The van der Waals surface area contributed by atoms with Crippen LogP contribution in [-0.2, 0) is 6.54 Å². The normalized spacial score (nSPS) is 10.2. The van der Waals surface area contributed by atoms with E-state index >= 15 is 0 Å². The molecule has 0 unspecified atom stereocenters. The quantitative estimate of drug-likeness (QED) is 0.744. The van der Waals surface area contributed by atoms with Gasteiger partial charge in [0.05, 0.1) is 6.20 Å². The van der Waals surface area contributed by atoms with Gasteiger partial charge in [0.1, 0.15) is 15.0 Å². The number of hydrogen-bond acceptors (Lipinski definition) is 3. The molecule has 104 valence electrons. The summed E-state index contributed by atoms with van der Waals surface area (Å²) in [6.07, 6.45) is 1.57. The third-order valence-electron chi connectivity index (χ3n) is 2.30. The molecule has 0 aliphatic carbocycles. The molecule has 4 nitrogen and oxygen atoms in total. The molecular weight excluding hydrogens is 411 g/mol. The Labute approximate surface area is 137 Å². The van der Waals surface area contributed by atoms with Crippen molar-refractivity contribution < 1.29 is 4.39 Å². The lowest BCUT2D eigenvalue weighted by Crippen LogP contribution is -2.28. The highest BCUT2D eigenvalue weighted by atomic mass is 79.9. The Balaban J connectivity index is 1.90. The first-order chi connectivity index (χ1) is 9.54. The van der Waals surface area contributed by atoms with E-state index in [1.807, 2.05) is 0 Å². The monoisotopic (exact) mass is 418 g/mol. The largest absolute Gasteiger partial charge is 0.358 e. The van der Waals surface area contributed by atoms with Gasteiger partial charge in [0.15, 0.2) is 10.9 Å². The Bertz CT molecular complexity index is 621. The first-order valence-electron chi connectivity index (χ1n) is 5.52. The fourth-order valence-corrected chi connectivity index (χ4v) is 2.45. The van der Waals surface area contributed by atoms with Gasteiger partial charge in [-0.2, -0.15) is 0 Å². The third-order valence-corrected chi connectivity index (χ3v) is 3.48. The lowest BCUT2D eigenvalue weighted by molar-refractivity contribution is 0.627. The molecule has 2 N–H and O–H groups in total. The second-order valence-electron chi connectivity index (χ2n) is 3.77. The SMILES string of the molecule is Fc1ccc(CNC(=S)Nc2ncc(Br)nc2Br)cc1. The van der Waals surface area contributed by atoms with Gasteiger partial charge >= 0.3 is 0 Å². The number of aromatic nitrogens is 2. The predicted octanol–water partition coefficient (Wildman–Crippen LogP) is 3.63. The van der Waals surface area contributed by atoms with E-state index in [0.717, 1.165) is 5.56 Å². The second kappa shape index (κ2) is 7.05. The molecule has 0 fully saturated rings. The minimum absolute atomic E-state index is 0.261. The predicted molar refractivity (Wildman–Crippen MR) is 86.9 cm³/mol. The molecule has 0 spiro atoms. The Kier molecular flexibility index (Phi) is 5.38. The van der Waals surface area contributed by atoms with Crippen LogP contribution in [0.1, 0.15) is 5.56 Å². The zero-order chi connectivity index (χ0) is 14.5. The zero-order valence-electron chi connectivity index (χ0n) is 10.0. The number of anilines is 1. The summed E-state index contributed by atoms with van der Waals surface area (Å²) in [5.74, 6) is 0.258. The van der Waals surface area contributed by atoms with Gasteiger partial charge in [-0.25, -0.2) is 14.4 Å². The van der Waals surface area contributed by atoms with E-state index < -0.39 is 0 Å². The van der Waals surface area contributed by atoms with Gasteiger partial charge in [0.2, 0.25) is 0 Å². The molecule has 2 aromatic rings. The van der Waals surface area contributed by atoms with Crippen LogP contribution in [0.5, 0.6) is 0 Å². The van der Waals surface area contributed by atoms with Crippen molar-refractivity contribution in [3.05, 3.63) is 51.0 Å². The van der Waals surface area contributed by atoms with Crippen molar-refractivity contribution in [1.82, 2.24) is 15.3 Å². The maximum absolute atomic E-state index is 12.8. The topological polar surface area (TPSA) is 49.8 Å². The Morgan fingerprint density at radius 3 is 2.60 bits per heavy atom. The van der Waals surface area contributed by atoms with E-state index in [1.54, 1.807) is 18.3 Å². The molecule has 0 atom stereocenters. The summed E-state index contributed by atoms with van der Waals surface area (Å²) in [6, 6.07) is 6.20. The molecule has 0 aliphatic heterocycles. The van der Waals surface area contributed by atoms with E-state index in [2.05, 4.69) is 52.5 Å². The third kappa shape index (κ3) is 4.46. The van der Waals surface area contributed by atoms with Crippen molar-refractivity contribution in [1.29, 1.82) is 0 Å². The average molecular weight is 420 g/mol. The Morgan fingerprint density at radius 1 is 1.25 bits per heavy atom. The van der Waals surface area contributed by atoms with Gasteiger partial charge < -0.3 is 10.6 Å². The van der Waals surface area contributed by atoms with Gasteiger partial charge in [0, 0.05) is 6.54 Å². The van der Waals surface area contributed by atoms with Crippen molar-refractivity contribution >= 4 is 55.0 Å². The fourth-order valence-electron chi connectivity index (χ4n) is 1.37. The molecule has 0 radical (unpaired) electrons. The maximum Gasteiger partial charge on any atom is 0.172 e. The number of hydrogen-bond donors (Lipinski definition) is 2. The van der Waals surface area contributed by atoms with Crippen LogP contribution in [-0.4, -0.2) is 15.1 Å². The van der Waals surface area contributed by atoms with Gasteiger partial charge in [-0.05, 0) is 61.8 Å². The summed E-state index contributed by atoms with van der Waals surface area (Å²) in [4.78, 5) is 8.27. The van der Waals surface area contributed by atoms with Gasteiger partial charge in [-0.1, -0.05) is 12.1 Å². The highest BCUT2D eigenvalue weighted by molar-refractivity contribution is 9.11. The molecule has 1 aromatic heterocycles. The van der Waals surface area contributed by atoms with Crippen LogP contribution >= 0.6 is 44.1 Å². The van der Waals surface area contributed by atoms with Crippen molar-refractivity contribution in [3.63, 3.8) is 0 Å². The number of rotatable bonds is 3. The molecule has 0 aliphatic rings. The zero-order valence-corrected chi connectivity index (χ0v) is 14.0. The molecule has 8 heteroatoms. The standard InChI is InChI=1S/C12H9Br2FN4S/c13-9-6-16-11(10(14)18-9)19-12(20)17-5-7-1-3-8(15)4-2-7/h1-4,6H,5H2,(H2,16,17,19,20). The van der Waals surface area contributed by atoms with E-state index in [9.17, 15) is 4.39 Å². The Hall–Kier alpha value is -1.12. The smallest absolute Gasteiger partial charge is 0.172 e. The summed E-state index contributed by atoms with van der Waals surface area (Å²) >= 11 is 11.7. The number of thiocarbonyl (C=S) groups is 1. The molecule has 0 saturated carbocycles. The summed E-state index contributed by atoms with van der Waals surface area (Å²) in [7, 11) is 0. The van der Waals surface area contributed by atoms with Crippen molar-refractivity contribution in [2.75, 3.05) is 5.32 Å². The number of benzene rings is 1. The fraction of sp³-hybridized carbons (Fsp3) is 0.0833. The van der Waals surface area contributed by atoms with Crippen molar-refractivity contribution in [2.45, 2.75) is 6.54 Å². The van der Waals surface area contributed by atoms with E-state index in [-0.39, 0.29) is 5.82 Å². The number of nitrogens with one attached hydrogen (secondary N) is 2. The molecule has 2 rings (SSSR count). The number of halogens is 3. The summed E-state index contributed by atoms with van der Waals surface area (Å²) in [5, 5.41) is 6.34. The van der Waals surface area contributed by atoms with Crippen LogP contribution in [0.4, 0.5) is 10.2 Å². The van der Waals surface area contributed by atoms with Gasteiger partial charge in [-0.15, -0.1) is 0 Å². The lowest BCUT2D eigenvalue weighted by atomic mass is 10.2. The molecule has 1 heterocycles. The van der Waals surface area contributed by atoms with Crippen molar-refractivity contribution in [2.24, 2.45) is 0 Å². The minimum Gasteiger partial charge on any atom is -0.358 e. The summed E-state index contributed by atoms with van der Waals surface area (Å²) < 4.78 is 13.9. The highest BCUT2D eigenvalue weighted by Crippen LogP contribution is 2.19. The summed E-state index contributed by atoms with van der Waals surface area (Å²) in [5.41, 5.74) is 0.927. The molecule has 1 aromatic carbocycles. The minimum atomic E-state index is -0.261. The van der Waals surface area contributed by atoms with Crippen LogP contribution in [0.2, 0.25) is 0 Å². The van der Waals surface area contributed by atoms with Crippen LogP contribution in [0, 0.1) is 5.82 Å². The van der Waals surface area contributed by atoms with Crippen molar-refractivity contribution in [3.8, 4) is 0 Å². The van der Waals surface area contributed by atoms with E-state index in [4.69, 9.17) is 12.2 Å². The average Bonchev–Trinajstić information content (AvgIpc) is 2.41. The summed E-state index contributed by atoms with van der Waals surface area (Å²) in [6.45, 7) is 0.494. The molecule has 0 amide bonds. The molecular formula is C12H9Br2FN4S. The first-order valence-corrected chi connectivity index (χ1v) is 7.51. The van der Waals surface area contributed by atoms with E-state index in [0.29, 0.717) is 26.7 Å². The molecule has 0 saturated heterocycles. The highest BCUT2D eigenvalue weighted by Gasteiger charge is 2.05. The lowest BCUT2D eigenvalue weighted by Gasteiger charge is -2.10. The van der Waals surface area contributed by atoms with Crippen LogP contribution in [0.15, 0.2) is 39.7 Å².